The normalized spacial score (nSPS) is 12.3. The maximum absolute atomic E-state index is 12.9. The second-order valence-corrected chi connectivity index (χ2v) is 8.21. The Balaban J connectivity index is 1.99. The van der Waals surface area contributed by atoms with Crippen LogP contribution in [0.3, 0.4) is 0 Å². The predicted molar refractivity (Wildman–Crippen MR) is 122 cm³/mol. The lowest BCUT2D eigenvalue weighted by atomic mass is 10.2. The van der Waals surface area contributed by atoms with Crippen molar-refractivity contribution >= 4 is 54.9 Å². The Morgan fingerprint density at radius 3 is 2.67 bits per heavy atom. The third kappa shape index (κ3) is 4.96. The average molecular weight is 537 g/mol. The zero-order valence-corrected chi connectivity index (χ0v) is 19.7. The fourth-order valence-electron chi connectivity index (χ4n) is 2.74. The van der Waals surface area contributed by atoms with Gasteiger partial charge in [-0.15, -0.1) is 0 Å². The van der Waals surface area contributed by atoms with E-state index in [1.807, 2.05) is 6.07 Å². The van der Waals surface area contributed by atoms with Crippen molar-refractivity contribution in [3.05, 3.63) is 67.1 Å². The highest BCUT2D eigenvalue weighted by Crippen LogP contribution is 2.23. The van der Waals surface area contributed by atoms with Gasteiger partial charge in [0.25, 0.3) is 5.56 Å². The molecule has 0 spiro atoms. The first-order chi connectivity index (χ1) is 14.3. The molecule has 0 unspecified atom stereocenters. The van der Waals surface area contributed by atoms with E-state index in [4.69, 9.17) is 9.47 Å². The number of benzene rings is 2. The number of aryl methyl sites for hydroxylation is 1. The Hall–Kier alpha value is -2.52. The largest absolute Gasteiger partial charge is 0.478 e. The van der Waals surface area contributed by atoms with Crippen LogP contribution in [0.15, 0.2) is 55.2 Å². The van der Waals surface area contributed by atoms with Crippen molar-refractivity contribution < 1.29 is 14.3 Å². The molecule has 0 saturated carbocycles. The Morgan fingerprint density at radius 1 is 1.23 bits per heavy atom. The van der Waals surface area contributed by atoms with E-state index in [1.54, 1.807) is 51.1 Å². The molecule has 3 rings (SSSR count). The third-order valence-corrected chi connectivity index (χ3v) is 5.16. The Morgan fingerprint density at radius 2 is 1.93 bits per heavy atom. The molecule has 1 atom stereocenters. The molecule has 1 heterocycles. The van der Waals surface area contributed by atoms with Gasteiger partial charge in [0.1, 0.15) is 11.6 Å². The van der Waals surface area contributed by atoms with Gasteiger partial charge in [0.2, 0.25) is 0 Å². The summed E-state index contributed by atoms with van der Waals surface area (Å²) in [7, 11) is 0. The Bertz CT molecular complexity index is 1190. The standard InChI is InChI=1S/C21H19Br2N3O4/c1-4-29-21(28)12(2)30-19-8-6-15(22)9-14(19)11-24-26-13(3)25-18-7-5-16(23)10-17(18)20(26)27/h5-12H,4H2,1-3H3/t12-/m0/s1. The molecule has 0 saturated heterocycles. The number of halogens is 2. The van der Waals surface area contributed by atoms with Gasteiger partial charge in [-0.05, 0) is 57.2 Å². The van der Waals surface area contributed by atoms with Gasteiger partial charge in [-0.1, -0.05) is 31.9 Å². The number of aromatic nitrogens is 2. The van der Waals surface area contributed by atoms with Gasteiger partial charge in [0, 0.05) is 14.5 Å². The van der Waals surface area contributed by atoms with E-state index in [2.05, 4.69) is 41.9 Å². The topological polar surface area (TPSA) is 82.8 Å². The summed E-state index contributed by atoms with van der Waals surface area (Å²) in [6, 6.07) is 10.6. The van der Waals surface area contributed by atoms with Crippen molar-refractivity contribution in [3.63, 3.8) is 0 Å². The van der Waals surface area contributed by atoms with Crippen LogP contribution in [0.2, 0.25) is 0 Å². The summed E-state index contributed by atoms with van der Waals surface area (Å²) in [5.74, 6) is 0.424. The summed E-state index contributed by atoms with van der Waals surface area (Å²) < 4.78 is 13.5. The van der Waals surface area contributed by atoms with E-state index in [-0.39, 0.29) is 12.2 Å². The second kappa shape index (κ2) is 9.53. The molecule has 0 aliphatic heterocycles. The predicted octanol–water partition coefficient (Wildman–Crippen LogP) is 4.44. The van der Waals surface area contributed by atoms with Crippen LogP contribution in [-0.4, -0.2) is 34.6 Å². The van der Waals surface area contributed by atoms with E-state index in [0.29, 0.717) is 28.0 Å². The number of esters is 1. The zero-order chi connectivity index (χ0) is 21.8. The van der Waals surface area contributed by atoms with Crippen LogP contribution in [0, 0.1) is 6.92 Å². The summed E-state index contributed by atoms with van der Waals surface area (Å²) in [6.45, 7) is 5.33. The number of fused-ring (bicyclic) bond motifs is 1. The smallest absolute Gasteiger partial charge is 0.347 e. The molecule has 0 aliphatic carbocycles. The first-order valence-corrected chi connectivity index (χ1v) is 10.7. The van der Waals surface area contributed by atoms with Crippen molar-refractivity contribution in [1.29, 1.82) is 0 Å². The number of carbonyl (C=O) groups excluding carboxylic acids is 1. The Labute approximate surface area is 190 Å². The van der Waals surface area contributed by atoms with Crippen LogP contribution in [0.5, 0.6) is 5.75 Å². The first kappa shape index (κ1) is 22.2. The van der Waals surface area contributed by atoms with E-state index >= 15 is 0 Å². The van der Waals surface area contributed by atoms with Crippen LogP contribution in [0.4, 0.5) is 0 Å². The Kier molecular flexibility index (Phi) is 7.04. The summed E-state index contributed by atoms with van der Waals surface area (Å²) in [4.78, 5) is 29.2. The lowest BCUT2D eigenvalue weighted by molar-refractivity contribution is -0.150. The first-order valence-electron chi connectivity index (χ1n) is 9.16. The molecule has 30 heavy (non-hydrogen) atoms. The SMILES string of the molecule is CCOC(=O)[C@H](C)Oc1ccc(Br)cc1C=Nn1c(C)nc2ccc(Br)cc2c1=O. The van der Waals surface area contributed by atoms with Crippen molar-refractivity contribution in [2.75, 3.05) is 6.61 Å². The number of hydrogen-bond donors (Lipinski definition) is 0. The van der Waals surface area contributed by atoms with Gasteiger partial charge >= 0.3 is 5.97 Å². The minimum atomic E-state index is -0.789. The van der Waals surface area contributed by atoms with Crippen LogP contribution in [0.25, 0.3) is 10.9 Å². The van der Waals surface area contributed by atoms with Gasteiger partial charge < -0.3 is 9.47 Å². The van der Waals surface area contributed by atoms with E-state index in [0.717, 1.165) is 8.95 Å². The van der Waals surface area contributed by atoms with E-state index < -0.39 is 12.1 Å². The van der Waals surface area contributed by atoms with Gasteiger partial charge in [-0.3, -0.25) is 4.79 Å². The minimum absolute atomic E-state index is 0.272. The third-order valence-electron chi connectivity index (χ3n) is 4.18. The van der Waals surface area contributed by atoms with Crippen molar-refractivity contribution in [3.8, 4) is 5.75 Å². The molecule has 9 heteroatoms. The molecule has 2 aromatic carbocycles. The zero-order valence-electron chi connectivity index (χ0n) is 16.6. The number of ether oxygens (including phenoxy) is 2. The molecular weight excluding hydrogens is 518 g/mol. The van der Waals surface area contributed by atoms with Crippen LogP contribution >= 0.6 is 31.9 Å². The van der Waals surface area contributed by atoms with Gasteiger partial charge in [-0.25, -0.2) is 9.78 Å². The summed E-state index contributed by atoms with van der Waals surface area (Å²) in [6.07, 6.45) is 0.708. The molecule has 1 aromatic heterocycles. The van der Waals surface area contributed by atoms with Crippen LogP contribution in [0.1, 0.15) is 25.2 Å². The average Bonchev–Trinajstić information content (AvgIpc) is 2.70. The lowest BCUT2D eigenvalue weighted by Crippen LogP contribution is -2.26. The number of carbonyl (C=O) groups is 1. The molecule has 0 amide bonds. The maximum Gasteiger partial charge on any atom is 0.347 e. The maximum atomic E-state index is 12.9. The van der Waals surface area contributed by atoms with Crippen molar-refractivity contribution in [2.24, 2.45) is 5.10 Å². The monoisotopic (exact) mass is 535 g/mol. The fraction of sp³-hybridized carbons (Fsp3) is 0.238. The van der Waals surface area contributed by atoms with Crippen LogP contribution < -0.4 is 10.3 Å². The highest BCUT2D eigenvalue weighted by molar-refractivity contribution is 9.10. The van der Waals surface area contributed by atoms with Crippen molar-refractivity contribution in [1.82, 2.24) is 9.66 Å². The number of nitrogens with zero attached hydrogens (tertiary/aromatic N) is 3. The molecule has 0 radical (unpaired) electrons. The second-order valence-electron chi connectivity index (χ2n) is 6.38. The molecular formula is C21H19Br2N3O4. The molecule has 7 nitrogen and oxygen atoms in total. The molecule has 3 aromatic rings. The summed E-state index contributed by atoms with van der Waals surface area (Å²) >= 11 is 6.79. The molecule has 0 N–H and O–H groups in total. The number of hydrogen-bond acceptors (Lipinski definition) is 6. The summed E-state index contributed by atoms with van der Waals surface area (Å²) in [5, 5.41) is 4.78. The van der Waals surface area contributed by atoms with Gasteiger partial charge in [-0.2, -0.15) is 9.78 Å². The minimum Gasteiger partial charge on any atom is -0.478 e. The molecule has 0 fully saturated rings. The number of rotatable bonds is 6. The van der Waals surface area contributed by atoms with E-state index in [1.165, 1.54) is 10.9 Å². The van der Waals surface area contributed by atoms with Crippen LogP contribution in [-0.2, 0) is 9.53 Å². The van der Waals surface area contributed by atoms with Gasteiger partial charge in [0.05, 0.1) is 23.7 Å². The molecule has 156 valence electrons. The highest BCUT2D eigenvalue weighted by atomic mass is 79.9. The highest BCUT2D eigenvalue weighted by Gasteiger charge is 2.17. The fourth-order valence-corrected chi connectivity index (χ4v) is 3.48. The molecule has 0 bridgehead atoms. The van der Waals surface area contributed by atoms with Crippen molar-refractivity contribution in [2.45, 2.75) is 26.9 Å². The quantitative estimate of drug-likeness (QED) is 0.343. The van der Waals surface area contributed by atoms with E-state index in [9.17, 15) is 9.59 Å². The lowest BCUT2D eigenvalue weighted by Gasteiger charge is -2.15. The molecule has 0 aliphatic rings. The van der Waals surface area contributed by atoms with Gasteiger partial charge in [0.15, 0.2) is 6.10 Å². The summed E-state index contributed by atoms with van der Waals surface area (Å²) in [5.41, 5.74) is 0.899.